The van der Waals surface area contributed by atoms with Gasteiger partial charge in [-0.25, -0.2) is 8.78 Å². The molecule has 0 radical (unpaired) electrons. The first-order chi connectivity index (χ1) is 6.66. The smallest absolute Gasteiger partial charge is 0.207 e. The van der Waals surface area contributed by atoms with Gasteiger partial charge in [-0.2, -0.15) is 17.6 Å². The van der Waals surface area contributed by atoms with Gasteiger partial charge in [-0.15, -0.1) is 0 Å². The monoisotopic (exact) mass is 246 g/mol. The Morgan fingerprint density at radius 3 is 1.93 bits per heavy atom. The van der Waals surface area contributed by atoms with Crippen molar-refractivity contribution in [3.63, 3.8) is 0 Å². The lowest BCUT2D eigenvalue weighted by atomic mass is 10.1. The van der Waals surface area contributed by atoms with Gasteiger partial charge in [0.25, 0.3) is 0 Å². The Hall–Kier alpha value is -0.850. The standard InChI is InChI=1S/C8H4F6S/c9-4-1-2-5(6(10)3-4)7(11,12)8(13,14)15/h1-3,15H. The second-order valence-corrected chi connectivity index (χ2v) is 3.30. The summed E-state index contributed by atoms with van der Waals surface area (Å²) in [7, 11) is 0. The van der Waals surface area contributed by atoms with Crippen LogP contribution in [-0.2, 0) is 5.92 Å². The molecule has 0 aliphatic carbocycles. The maximum absolute atomic E-state index is 12.9. The van der Waals surface area contributed by atoms with Gasteiger partial charge in [-0.05, 0) is 12.1 Å². The third-order valence-electron chi connectivity index (χ3n) is 1.65. The van der Waals surface area contributed by atoms with Crippen LogP contribution in [0.25, 0.3) is 0 Å². The molecule has 84 valence electrons. The van der Waals surface area contributed by atoms with Gasteiger partial charge in [0.05, 0.1) is 5.56 Å². The van der Waals surface area contributed by atoms with Crippen molar-refractivity contribution in [3.8, 4) is 0 Å². The number of alkyl halides is 4. The molecule has 0 N–H and O–H groups in total. The van der Waals surface area contributed by atoms with E-state index in [4.69, 9.17) is 0 Å². The quantitative estimate of drug-likeness (QED) is 0.598. The highest BCUT2D eigenvalue weighted by Gasteiger charge is 2.56. The molecule has 0 saturated heterocycles. The minimum Gasteiger partial charge on any atom is -0.207 e. The zero-order chi connectivity index (χ0) is 11.9. The minimum atomic E-state index is -4.80. The molecule has 0 spiro atoms. The summed E-state index contributed by atoms with van der Waals surface area (Å²) in [6.45, 7) is 0. The van der Waals surface area contributed by atoms with Crippen molar-refractivity contribution < 1.29 is 26.3 Å². The molecule has 0 saturated carbocycles. The average Bonchev–Trinajstić information content (AvgIpc) is 2.00. The van der Waals surface area contributed by atoms with Crippen molar-refractivity contribution >= 4 is 12.6 Å². The maximum Gasteiger partial charge on any atom is 0.357 e. The molecule has 1 aromatic rings. The van der Waals surface area contributed by atoms with Crippen LogP contribution in [0.15, 0.2) is 18.2 Å². The summed E-state index contributed by atoms with van der Waals surface area (Å²) in [6.07, 6.45) is 0. The van der Waals surface area contributed by atoms with Crippen LogP contribution in [0.2, 0.25) is 0 Å². The fourth-order valence-corrected chi connectivity index (χ4v) is 1.03. The summed E-state index contributed by atoms with van der Waals surface area (Å²) in [6, 6.07) is 0.823. The summed E-state index contributed by atoms with van der Waals surface area (Å²) >= 11 is 2.38. The number of hydrogen-bond acceptors (Lipinski definition) is 1. The zero-order valence-electron chi connectivity index (χ0n) is 6.95. The predicted molar refractivity (Wildman–Crippen MR) is 44.2 cm³/mol. The van der Waals surface area contributed by atoms with Gasteiger partial charge in [-0.1, -0.05) is 12.6 Å². The second-order valence-electron chi connectivity index (χ2n) is 2.74. The van der Waals surface area contributed by atoms with Crippen molar-refractivity contribution in [2.75, 3.05) is 0 Å². The fraction of sp³-hybridized carbons (Fsp3) is 0.250. The molecule has 0 fully saturated rings. The fourth-order valence-electron chi connectivity index (χ4n) is 0.906. The van der Waals surface area contributed by atoms with Crippen LogP contribution in [0.5, 0.6) is 0 Å². The molecule has 0 nitrogen and oxygen atoms in total. The SMILES string of the molecule is Fc1ccc(C(F)(F)C(F)(F)S)c(F)c1. The largest absolute Gasteiger partial charge is 0.357 e. The van der Waals surface area contributed by atoms with E-state index in [1.165, 1.54) is 0 Å². The van der Waals surface area contributed by atoms with E-state index in [0.29, 0.717) is 6.07 Å². The summed E-state index contributed by atoms with van der Waals surface area (Å²) in [5, 5.41) is -4.72. The van der Waals surface area contributed by atoms with Crippen molar-refractivity contribution in [1.29, 1.82) is 0 Å². The van der Waals surface area contributed by atoms with E-state index in [2.05, 4.69) is 12.6 Å². The molecule has 1 aromatic carbocycles. The van der Waals surface area contributed by atoms with Gasteiger partial charge < -0.3 is 0 Å². The molecule has 1 rings (SSSR count). The lowest BCUT2D eigenvalue weighted by Crippen LogP contribution is -2.33. The number of halogens is 6. The zero-order valence-corrected chi connectivity index (χ0v) is 7.84. The van der Waals surface area contributed by atoms with Gasteiger partial charge in [0, 0.05) is 6.07 Å². The van der Waals surface area contributed by atoms with Gasteiger partial charge in [-0.3, -0.25) is 0 Å². The lowest BCUT2D eigenvalue weighted by Gasteiger charge is -2.22. The summed E-state index contributed by atoms with van der Waals surface area (Å²) in [5.74, 6) is -7.67. The van der Waals surface area contributed by atoms with Gasteiger partial charge >= 0.3 is 11.2 Å². The molecule has 0 amide bonds. The highest BCUT2D eigenvalue weighted by atomic mass is 32.1. The Morgan fingerprint density at radius 2 is 1.53 bits per heavy atom. The third-order valence-corrected chi connectivity index (χ3v) is 1.93. The molecule has 0 unspecified atom stereocenters. The van der Waals surface area contributed by atoms with E-state index >= 15 is 0 Å². The van der Waals surface area contributed by atoms with Gasteiger partial charge in [0.1, 0.15) is 11.6 Å². The number of benzene rings is 1. The Kier molecular flexibility index (Phi) is 2.95. The molecule has 0 aromatic heterocycles. The molecule has 0 heterocycles. The molecule has 0 aliphatic rings. The number of hydrogen-bond donors (Lipinski definition) is 1. The van der Waals surface area contributed by atoms with Crippen LogP contribution in [0, 0.1) is 11.6 Å². The lowest BCUT2D eigenvalue weighted by molar-refractivity contribution is -0.159. The summed E-state index contributed by atoms with van der Waals surface area (Å²) in [4.78, 5) is 0. The molecule has 7 heteroatoms. The normalized spacial score (nSPS) is 13.0. The second kappa shape index (κ2) is 3.62. The van der Waals surface area contributed by atoms with Crippen LogP contribution in [0.4, 0.5) is 26.3 Å². The molecule has 0 aliphatic heterocycles. The summed E-state index contributed by atoms with van der Waals surface area (Å²) < 4.78 is 75.5. The summed E-state index contributed by atoms with van der Waals surface area (Å²) in [5.41, 5.74) is -1.59. The first-order valence-corrected chi connectivity index (χ1v) is 4.04. The molecule has 0 atom stereocenters. The van der Waals surface area contributed by atoms with E-state index in [0.717, 1.165) is 0 Å². The molecular weight excluding hydrogens is 242 g/mol. The maximum atomic E-state index is 12.9. The van der Waals surface area contributed by atoms with Crippen LogP contribution in [0.1, 0.15) is 5.56 Å². The van der Waals surface area contributed by atoms with E-state index in [9.17, 15) is 26.3 Å². The van der Waals surface area contributed by atoms with E-state index < -0.39 is 28.4 Å². The molecular formula is C8H4F6S. The highest BCUT2D eigenvalue weighted by Crippen LogP contribution is 2.45. The molecule has 15 heavy (non-hydrogen) atoms. The Morgan fingerprint density at radius 1 is 1.00 bits per heavy atom. The first kappa shape index (κ1) is 12.2. The van der Waals surface area contributed by atoms with E-state index in [1.807, 2.05) is 0 Å². The van der Waals surface area contributed by atoms with Crippen LogP contribution < -0.4 is 0 Å². The Bertz CT molecular complexity index is 370. The van der Waals surface area contributed by atoms with Gasteiger partial charge in [0.2, 0.25) is 0 Å². The number of rotatable bonds is 2. The minimum absolute atomic E-state index is 0.1000. The van der Waals surface area contributed by atoms with Crippen LogP contribution >= 0.6 is 12.6 Å². The van der Waals surface area contributed by atoms with Crippen LogP contribution in [-0.4, -0.2) is 5.25 Å². The van der Waals surface area contributed by atoms with Crippen molar-refractivity contribution in [2.45, 2.75) is 11.2 Å². The Balaban J connectivity index is 3.28. The van der Waals surface area contributed by atoms with Crippen LogP contribution in [0.3, 0.4) is 0 Å². The average molecular weight is 246 g/mol. The highest BCUT2D eigenvalue weighted by molar-refractivity contribution is 7.81. The van der Waals surface area contributed by atoms with E-state index in [1.54, 1.807) is 0 Å². The third kappa shape index (κ3) is 2.22. The van der Waals surface area contributed by atoms with E-state index in [-0.39, 0.29) is 12.1 Å². The Labute approximate surface area is 86.3 Å². The van der Waals surface area contributed by atoms with Crippen molar-refractivity contribution in [3.05, 3.63) is 35.4 Å². The first-order valence-electron chi connectivity index (χ1n) is 3.60. The van der Waals surface area contributed by atoms with Crippen molar-refractivity contribution in [2.24, 2.45) is 0 Å². The van der Waals surface area contributed by atoms with Crippen molar-refractivity contribution in [1.82, 2.24) is 0 Å². The molecule has 0 bridgehead atoms. The van der Waals surface area contributed by atoms with Gasteiger partial charge in [0.15, 0.2) is 0 Å². The topological polar surface area (TPSA) is 0 Å². The number of thiol groups is 1. The predicted octanol–water partition coefficient (Wildman–Crippen LogP) is 3.58.